The lowest BCUT2D eigenvalue weighted by molar-refractivity contribution is -0.138. The van der Waals surface area contributed by atoms with E-state index in [1.165, 1.54) is 11.4 Å². The van der Waals surface area contributed by atoms with E-state index in [1.807, 2.05) is 19.2 Å². The van der Waals surface area contributed by atoms with Gasteiger partial charge in [0.25, 0.3) is 0 Å². The topological polar surface area (TPSA) is 101 Å². The molecule has 0 unspecified atom stereocenters. The van der Waals surface area contributed by atoms with E-state index in [4.69, 9.17) is 0 Å². The number of hydrogen-bond acceptors (Lipinski definition) is 5. The number of hydrogen-bond donors (Lipinski definition) is 2. The lowest BCUT2D eigenvalue weighted by Gasteiger charge is -2.15. The molecular formula is C14H16N6O2S. The van der Waals surface area contributed by atoms with Gasteiger partial charge in [0.2, 0.25) is 0 Å². The summed E-state index contributed by atoms with van der Waals surface area (Å²) in [5.41, 5.74) is 2.25. The van der Waals surface area contributed by atoms with Gasteiger partial charge in [0.05, 0.1) is 17.0 Å². The number of nitrogens with zero attached hydrogens (tertiary/aromatic N) is 4. The highest BCUT2D eigenvalue weighted by molar-refractivity contribution is 7.57. The molecule has 2 amide bonds. The minimum Gasteiger partial charge on any atom is -0.344 e. The molecule has 9 heteroatoms. The Morgan fingerprint density at radius 1 is 1.30 bits per heavy atom. The van der Waals surface area contributed by atoms with Crippen molar-refractivity contribution in [2.24, 2.45) is 15.8 Å². The van der Waals surface area contributed by atoms with Gasteiger partial charge in [-0.05, 0) is 19.1 Å². The van der Waals surface area contributed by atoms with Crippen LogP contribution < -0.4 is 10.6 Å². The van der Waals surface area contributed by atoms with Crippen molar-refractivity contribution in [2.45, 2.75) is 25.6 Å². The first-order valence-corrected chi connectivity index (χ1v) is 7.81. The number of carbonyl (C=O) groups excluding carboxylic acids is 2. The number of carbonyl (C=O) groups is 2. The second-order valence-corrected chi connectivity index (χ2v) is 5.89. The van der Waals surface area contributed by atoms with E-state index in [9.17, 15) is 9.59 Å². The molecular weight excluding hydrogens is 316 g/mol. The molecule has 0 aromatic carbocycles. The van der Waals surface area contributed by atoms with Crippen molar-refractivity contribution in [1.29, 1.82) is 0 Å². The Kier molecular flexibility index (Phi) is 4.20. The standard InChI is InChI=1S/C14H16N6O2S/c1-8-9(7-20(2)17-8)6-15-13(21)14(22)16-10-3-4-11-12(5-10)19-23-18-11/h3-5,7,11-12H,6H2,1-2H3,(H,15,21)(H,16,22)/t11-,12-/m0/s1. The molecule has 0 saturated heterocycles. The van der Waals surface area contributed by atoms with Gasteiger partial charge in [0, 0.05) is 31.0 Å². The minimum absolute atomic E-state index is 0.0167. The molecule has 2 aliphatic rings. The van der Waals surface area contributed by atoms with Gasteiger partial charge in [-0.3, -0.25) is 14.3 Å². The van der Waals surface area contributed by atoms with Crippen LogP contribution in [0.1, 0.15) is 11.3 Å². The number of nitrogens with one attached hydrogen (secondary N) is 2. The Bertz CT molecular complexity index is 787. The fraction of sp³-hybridized carbons (Fsp3) is 0.357. The maximum Gasteiger partial charge on any atom is 0.313 e. The number of amides is 2. The first kappa shape index (κ1) is 15.3. The molecule has 1 aromatic rings. The zero-order valence-corrected chi connectivity index (χ0v) is 13.5. The zero-order chi connectivity index (χ0) is 16.4. The SMILES string of the molecule is Cc1nn(C)cc1CNC(=O)C(=O)NC1=C[C@@H]2N=S=N[C@H]2C=C1. The highest BCUT2D eigenvalue weighted by atomic mass is 32.1. The monoisotopic (exact) mass is 332 g/mol. The Hall–Kier alpha value is -2.55. The molecule has 0 radical (unpaired) electrons. The first-order chi connectivity index (χ1) is 11.0. The van der Waals surface area contributed by atoms with Gasteiger partial charge in [0.1, 0.15) is 12.1 Å². The van der Waals surface area contributed by atoms with Gasteiger partial charge < -0.3 is 10.6 Å². The molecule has 23 heavy (non-hydrogen) atoms. The van der Waals surface area contributed by atoms with Gasteiger partial charge in [-0.25, -0.2) is 8.73 Å². The summed E-state index contributed by atoms with van der Waals surface area (Å²) in [6, 6.07) is -0.0653. The highest BCUT2D eigenvalue weighted by Gasteiger charge is 2.24. The summed E-state index contributed by atoms with van der Waals surface area (Å²) >= 11 is 1.17. The van der Waals surface area contributed by atoms with Crippen molar-refractivity contribution in [1.82, 2.24) is 20.4 Å². The Morgan fingerprint density at radius 2 is 2.09 bits per heavy atom. The van der Waals surface area contributed by atoms with Crippen molar-refractivity contribution in [3.05, 3.63) is 41.4 Å². The lowest BCUT2D eigenvalue weighted by Crippen LogP contribution is -2.39. The average Bonchev–Trinajstić information content (AvgIpc) is 3.10. The van der Waals surface area contributed by atoms with Crippen LogP contribution in [-0.2, 0) is 34.5 Å². The van der Waals surface area contributed by atoms with Gasteiger partial charge in [0.15, 0.2) is 0 Å². The molecule has 3 rings (SSSR count). The predicted molar refractivity (Wildman–Crippen MR) is 85.0 cm³/mol. The average molecular weight is 332 g/mol. The smallest absolute Gasteiger partial charge is 0.313 e. The third-order valence-corrected chi connectivity index (χ3v) is 4.20. The van der Waals surface area contributed by atoms with Crippen molar-refractivity contribution in [3.63, 3.8) is 0 Å². The summed E-state index contributed by atoms with van der Waals surface area (Å²) in [5, 5.41) is 9.35. The molecule has 0 bridgehead atoms. The number of aromatic nitrogens is 2. The van der Waals surface area contributed by atoms with E-state index in [0.717, 1.165) is 11.3 Å². The summed E-state index contributed by atoms with van der Waals surface area (Å²) in [5.74, 6) is -1.39. The molecule has 0 saturated carbocycles. The molecule has 2 atom stereocenters. The molecule has 1 aromatic heterocycles. The third kappa shape index (κ3) is 3.45. The van der Waals surface area contributed by atoms with Crippen LogP contribution in [0.15, 0.2) is 38.8 Å². The largest absolute Gasteiger partial charge is 0.344 e. The van der Waals surface area contributed by atoms with E-state index >= 15 is 0 Å². The van der Waals surface area contributed by atoms with Crippen LogP contribution in [0.25, 0.3) is 0 Å². The van der Waals surface area contributed by atoms with Crippen molar-refractivity contribution < 1.29 is 9.59 Å². The predicted octanol–water partition coefficient (Wildman–Crippen LogP) is 0.115. The second kappa shape index (κ2) is 6.29. The van der Waals surface area contributed by atoms with E-state index in [0.29, 0.717) is 5.70 Å². The molecule has 8 nitrogen and oxygen atoms in total. The van der Waals surface area contributed by atoms with Crippen LogP contribution in [0.5, 0.6) is 0 Å². The van der Waals surface area contributed by atoms with E-state index in [-0.39, 0.29) is 18.6 Å². The fourth-order valence-electron chi connectivity index (χ4n) is 2.33. The van der Waals surface area contributed by atoms with Gasteiger partial charge in [-0.15, -0.1) is 0 Å². The molecule has 1 aliphatic heterocycles. The van der Waals surface area contributed by atoms with Gasteiger partial charge in [-0.1, -0.05) is 6.08 Å². The summed E-state index contributed by atoms with van der Waals surface area (Å²) in [6.07, 6.45) is 7.20. The summed E-state index contributed by atoms with van der Waals surface area (Å²) in [6.45, 7) is 2.11. The van der Waals surface area contributed by atoms with Crippen LogP contribution in [0.2, 0.25) is 0 Å². The lowest BCUT2D eigenvalue weighted by atomic mass is 10.0. The van der Waals surface area contributed by atoms with Crippen LogP contribution in [0, 0.1) is 6.92 Å². The van der Waals surface area contributed by atoms with Crippen molar-refractivity contribution in [2.75, 3.05) is 0 Å². The van der Waals surface area contributed by atoms with E-state index in [2.05, 4.69) is 24.5 Å². The second-order valence-electron chi connectivity index (χ2n) is 5.30. The molecule has 2 N–H and O–H groups in total. The summed E-state index contributed by atoms with van der Waals surface area (Å²) < 4.78 is 10.1. The Balaban J connectivity index is 1.54. The molecule has 0 fully saturated rings. The van der Waals surface area contributed by atoms with Crippen molar-refractivity contribution in [3.8, 4) is 0 Å². The number of fused-ring (bicyclic) bond motifs is 1. The third-order valence-electron chi connectivity index (χ3n) is 3.53. The van der Waals surface area contributed by atoms with Crippen LogP contribution in [0.3, 0.4) is 0 Å². The van der Waals surface area contributed by atoms with Crippen LogP contribution >= 0.6 is 0 Å². The quantitative estimate of drug-likeness (QED) is 0.769. The zero-order valence-electron chi connectivity index (χ0n) is 12.7. The highest BCUT2D eigenvalue weighted by Crippen LogP contribution is 2.18. The Morgan fingerprint density at radius 3 is 2.83 bits per heavy atom. The van der Waals surface area contributed by atoms with Crippen LogP contribution in [0.4, 0.5) is 0 Å². The number of aryl methyl sites for hydroxylation is 2. The molecule has 120 valence electrons. The van der Waals surface area contributed by atoms with Gasteiger partial charge >= 0.3 is 11.8 Å². The van der Waals surface area contributed by atoms with E-state index in [1.54, 1.807) is 23.9 Å². The molecule has 2 heterocycles. The molecule has 1 aliphatic carbocycles. The maximum atomic E-state index is 11.9. The Labute approximate surface area is 136 Å². The van der Waals surface area contributed by atoms with Crippen molar-refractivity contribution >= 4 is 23.2 Å². The normalized spacial score (nSPS) is 21.4. The van der Waals surface area contributed by atoms with E-state index < -0.39 is 11.8 Å². The minimum atomic E-state index is -0.705. The first-order valence-electron chi connectivity index (χ1n) is 7.08. The van der Waals surface area contributed by atoms with Gasteiger partial charge in [-0.2, -0.15) is 5.10 Å². The number of rotatable bonds is 3. The molecule has 0 spiro atoms. The summed E-state index contributed by atoms with van der Waals surface area (Å²) in [4.78, 5) is 23.8. The summed E-state index contributed by atoms with van der Waals surface area (Å²) in [7, 11) is 1.80. The number of allylic oxidation sites excluding steroid dienone is 1. The van der Waals surface area contributed by atoms with Crippen LogP contribution in [-0.4, -0.2) is 33.7 Å². The fourth-order valence-corrected chi connectivity index (χ4v) is 2.98. The maximum absolute atomic E-state index is 11.9.